The molecule has 0 aromatic carbocycles. The lowest BCUT2D eigenvalue weighted by atomic mass is 9.86. The second-order valence-electron chi connectivity index (χ2n) is 7.44. The van der Waals surface area contributed by atoms with Gasteiger partial charge in [-0.2, -0.15) is 0 Å². The van der Waals surface area contributed by atoms with Crippen LogP contribution in [0.4, 0.5) is 0 Å². The van der Waals surface area contributed by atoms with Crippen molar-refractivity contribution in [1.29, 1.82) is 0 Å². The van der Waals surface area contributed by atoms with Gasteiger partial charge < -0.3 is 29.0 Å². The minimum atomic E-state index is -0.930. The highest BCUT2D eigenvalue weighted by molar-refractivity contribution is 6.31. The third-order valence-electron chi connectivity index (χ3n) is 5.11. The van der Waals surface area contributed by atoms with Crippen LogP contribution in [0.1, 0.15) is 42.1 Å². The quantitative estimate of drug-likeness (QED) is 0.373. The summed E-state index contributed by atoms with van der Waals surface area (Å²) in [7, 11) is 2.75. The summed E-state index contributed by atoms with van der Waals surface area (Å²) in [4.78, 5) is 31.7. The number of aromatic hydroxyl groups is 1. The van der Waals surface area contributed by atoms with Gasteiger partial charge >= 0.3 is 5.97 Å². The smallest absolute Gasteiger partial charge is 0.347 e. The average Bonchev–Trinajstić information content (AvgIpc) is 2.88. The van der Waals surface area contributed by atoms with Crippen molar-refractivity contribution in [1.82, 2.24) is 9.97 Å². The second-order valence-corrected chi connectivity index (χ2v) is 7.80. The van der Waals surface area contributed by atoms with Gasteiger partial charge in [-0.25, -0.2) is 9.78 Å². The molecule has 0 amide bonds. The Balaban J connectivity index is 2.16. The van der Waals surface area contributed by atoms with E-state index in [1.165, 1.54) is 0 Å². The van der Waals surface area contributed by atoms with Crippen LogP contribution < -0.4 is 15.0 Å². The molecule has 1 unspecified atom stereocenters. The molecule has 10 heteroatoms. The fraction of sp³-hybridized carbons (Fsp3) is 0.476. The Bertz CT molecular complexity index is 1040. The molecule has 1 atom stereocenters. The number of nitrogens with zero attached hydrogens (tertiary/aromatic N) is 1. The number of pyridine rings is 2. The molecular weight excluding hydrogens is 428 g/mol. The van der Waals surface area contributed by atoms with E-state index in [9.17, 15) is 14.7 Å². The minimum Gasteiger partial charge on any atom is -0.506 e. The van der Waals surface area contributed by atoms with E-state index in [4.69, 9.17) is 25.8 Å². The molecule has 168 valence electrons. The fourth-order valence-corrected chi connectivity index (χ4v) is 3.66. The second kappa shape index (κ2) is 9.57. The van der Waals surface area contributed by atoms with Gasteiger partial charge in [0.15, 0.2) is 22.2 Å². The Morgan fingerprint density at radius 2 is 2.13 bits per heavy atom. The van der Waals surface area contributed by atoms with E-state index in [0.717, 1.165) is 7.11 Å². The largest absolute Gasteiger partial charge is 0.506 e. The summed E-state index contributed by atoms with van der Waals surface area (Å²) in [5, 5.41) is 11.0. The van der Waals surface area contributed by atoms with Crippen molar-refractivity contribution in [3.8, 4) is 28.6 Å². The molecule has 0 aliphatic carbocycles. The van der Waals surface area contributed by atoms with Crippen LogP contribution in [0.15, 0.2) is 10.9 Å². The highest BCUT2D eigenvalue weighted by atomic mass is 35.5. The monoisotopic (exact) mass is 452 g/mol. The summed E-state index contributed by atoms with van der Waals surface area (Å²) >= 11 is 6.32. The van der Waals surface area contributed by atoms with Crippen molar-refractivity contribution < 1.29 is 28.8 Å². The fourth-order valence-electron chi connectivity index (χ4n) is 3.46. The molecule has 2 N–H and O–H groups in total. The number of aromatic nitrogens is 2. The zero-order valence-electron chi connectivity index (χ0n) is 17.8. The number of carbonyl (C=O) groups is 1. The van der Waals surface area contributed by atoms with Crippen molar-refractivity contribution in [2.45, 2.75) is 26.2 Å². The van der Waals surface area contributed by atoms with Crippen LogP contribution in [-0.2, 0) is 9.47 Å². The van der Waals surface area contributed by atoms with E-state index in [-0.39, 0.29) is 35.0 Å². The van der Waals surface area contributed by atoms with Gasteiger partial charge in [-0.15, -0.1) is 0 Å². The van der Waals surface area contributed by atoms with Crippen molar-refractivity contribution >= 4 is 17.6 Å². The van der Waals surface area contributed by atoms with E-state index in [1.807, 2.05) is 13.8 Å². The Kier molecular flexibility index (Phi) is 7.07. The number of fused-ring (bicyclic) bond motifs is 3. The summed E-state index contributed by atoms with van der Waals surface area (Å²) in [6.07, 6.45) is 0.667. The molecule has 2 aromatic rings. The summed E-state index contributed by atoms with van der Waals surface area (Å²) in [6.45, 7) is 4.99. The lowest BCUT2D eigenvalue weighted by Gasteiger charge is -2.22. The highest BCUT2D eigenvalue weighted by Crippen LogP contribution is 2.45. The molecule has 31 heavy (non-hydrogen) atoms. The number of halogens is 1. The summed E-state index contributed by atoms with van der Waals surface area (Å²) in [6, 6.07) is 1.60. The van der Waals surface area contributed by atoms with Gasteiger partial charge in [0.05, 0.1) is 26.0 Å². The lowest BCUT2D eigenvalue weighted by molar-refractivity contribution is 0.0594. The van der Waals surface area contributed by atoms with Crippen LogP contribution in [0.2, 0.25) is 5.15 Å². The maximum atomic E-state index is 12.6. The first-order chi connectivity index (χ1) is 14.8. The van der Waals surface area contributed by atoms with Crippen molar-refractivity contribution in [3.05, 3.63) is 32.7 Å². The standard InChI is InChI=1S/C21H25ClN2O7/c1-10(2)11-9-31-12-8-13(30-7-5-6-28-3)19(22)23-16(12)17-14(11)18(25)15(20(26)24-17)21(27)29-4/h8,10-11H,5-7,9H2,1-4H3,(H2,24,25,26). The van der Waals surface area contributed by atoms with Gasteiger partial charge in [0, 0.05) is 37.7 Å². The number of methoxy groups -OCH3 is 2. The first-order valence-electron chi connectivity index (χ1n) is 9.83. The highest BCUT2D eigenvalue weighted by Gasteiger charge is 2.34. The van der Waals surface area contributed by atoms with Crippen LogP contribution in [0, 0.1) is 5.92 Å². The minimum absolute atomic E-state index is 0.00981. The van der Waals surface area contributed by atoms with Crippen molar-refractivity contribution in [2.24, 2.45) is 5.92 Å². The number of hydrogen-bond acceptors (Lipinski definition) is 8. The number of H-pyrrole nitrogens is 1. The molecule has 0 saturated heterocycles. The Labute approximate surface area is 184 Å². The van der Waals surface area contributed by atoms with Crippen LogP contribution in [0.5, 0.6) is 17.2 Å². The number of ether oxygens (including phenoxy) is 4. The Morgan fingerprint density at radius 1 is 1.39 bits per heavy atom. The van der Waals surface area contributed by atoms with Crippen molar-refractivity contribution in [3.63, 3.8) is 0 Å². The molecule has 0 spiro atoms. The molecule has 0 fully saturated rings. The van der Waals surface area contributed by atoms with Crippen LogP contribution in [0.25, 0.3) is 11.4 Å². The summed E-state index contributed by atoms with van der Waals surface area (Å²) in [5.41, 5.74) is -0.410. The number of hydrogen-bond donors (Lipinski definition) is 2. The third kappa shape index (κ3) is 4.47. The maximum absolute atomic E-state index is 12.6. The zero-order valence-corrected chi connectivity index (χ0v) is 18.5. The molecule has 3 rings (SSSR count). The predicted molar refractivity (Wildman–Crippen MR) is 113 cm³/mol. The molecule has 1 aliphatic heterocycles. The van der Waals surface area contributed by atoms with Gasteiger partial charge in [0.1, 0.15) is 11.4 Å². The number of esters is 1. The summed E-state index contributed by atoms with van der Waals surface area (Å²) in [5.74, 6) is -1.03. The van der Waals surface area contributed by atoms with Crippen LogP contribution in [-0.4, -0.2) is 55.1 Å². The molecule has 9 nitrogen and oxygen atoms in total. The van der Waals surface area contributed by atoms with Crippen LogP contribution in [0.3, 0.4) is 0 Å². The van der Waals surface area contributed by atoms with Gasteiger partial charge in [-0.3, -0.25) is 4.79 Å². The molecule has 0 radical (unpaired) electrons. The van der Waals surface area contributed by atoms with E-state index in [1.54, 1.807) is 13.2 Å². The number of carbonyl (C=O) groups excluding carboxylic acids is 1. The van der Waals surface area contributed by atoms with Gasteiger partial charge in [0.2, 0.25) is 0 Å². The van der Waals surface area contributed by atoms with Gasteiger partial charge in [-0.1, -0.05) is 25.4 Å². The van der Waals surface area contributed by atoms with Crippen LogP contribution >= 0.6 is 11.6 Å². The number of aromatic amines is 1. The zero-order chi connectivity index (χ0) is 22.7. The SMILES string of the molecule is COCCCOc1cc2c(nc1Cl)-c1[nH]c(=O)c(C(=O)OC)c(O)c1C(C(C)C)CO2. The van der Waals surface area contributed by atoms with E-state index in [2.05, 4.69) is 14.7 Å². The molecule has 0 bridgehead atoms. The average molecular weight is 453 g/mol. The lowest BCUT2D eigenvalue weighted by Crippen LogP contribution is -2.24. The molecular formula is C21H25ClN2O7. The Hall–Kier alpha value is -2.78. The van der Waals surface area contributed by atoms with E-state index < -0.39 is 22.8 Å². The topological polar surface area (TPSA) is 120 Å². The summed E-state index contributed by atoms with van der Waals surface area (Å²) < 4.78 is 21.3. The molecule has 2 aromatic heterocycles. The number of nitrogens with one attached hydrogen (secondary N) is 1. The van der Waals surface area contributed by atoms with Gasteiger partial charge in [0.25, 0.3) is 5.56 Å². The third-order valence-corrected chi connectivity index (χ3v) is 5.38. The molecule has 3 heterocycles. The molecule has 1 aliphatic rings. The van der Waals surface area contributed by atoms with Gasteiger partial charge in [-0.05, 0) is 5.92 Å². The maximum Gasteiger partial charge on any atom is 0.347 e. The predicted octanol–water partition coefficient (Wildman–Crippen LogP) is 3.13. The van der Waals surface area contributed by atoms with E-state index in [0.29, 0.717) is 36.7 Å². The number of rotatable bonds is 7. The first kappa shape index (κ1) is 22.9. The Morgan fingerprint density at radius 3 is 2.77 bits per heavy atom. The van der Waals surface area contributed by atoms with E-state index >= 15 is 0 Å². The first-order valence-corrected chi connectivity index (χ1v) is 10.2. The molecule has 0 saturated carbocycles. The normalized spacial score (nSPS) is 15.0. The van der Waals surface area contributed by atoms with Crippen molar-refractivity contribution in [2.75, 3.05) is 34.0 Å².